The van der Waals surface area contributed by atoms with Gasteiger partial charge in [-0.1, -0.05) is 49.4 Å². The predicted molar refractivity (Wildman–Crippen MR) is 94.4 cm³/mol. The standard InChI is InChI=1S/C18H19N3O2S/c1-2-15-8-10-18(11-9-15)24(22,23)20-17-12-19-21(14-17)13-16-6-4-3-5-7-16/h3-12,14,20H,2,13H2,1H3. The average Bonchev–Trinajstić information content (AvgIpc) is 3.02. The first-order chi connectivity index (χ1) is 11.6. The van der Waals surface area contributed by atoms with Crippen LogP contribution >= 0.6 is 0 Å². The Morgan fingerprint density at radius 3 is 2.38 bits per heavy atom. The van der Waals surface area contributed by atoms with Crippen molar-refractivity contribution in [2.75, 3.05) is 4.72 Å². The average molecular weight is 341 g/mol. The van der Waals surface area contributed by atoms with Gasteiger partial charge in [-0.25, -0.2) is 8.42 Å². The van der Waals surface area contributed by atoms with Crippen LogP contribution < -0.4 is 4.72 Å². The van der Waals surface area contributed by atoms with Crippen molar-refractivity contribution in [2.45, 2.75) is 24.8 Å². The fourth-order valence-corrected chi connectivity index (χ4v) is 3.42. The second kappa shape index (κ2) is 6.88. The molecular formula is C18H19N3O2S. The lowest BCUT2D eigenvalue weighted by atomic mass is 10.2. The number of sulfonamides is 1. The molecule has 0 aliphatic heterocycles. The number of aromatic nitrogens is 2. The molecule has 0 saturated heterocycles. The molecule has 0 unspecified atom stereocenters. The molecule has 0 bridgehead atoms. The van der Waals surface area contributed by atoms with E-state index in [9.17, 15) is 8.42 Å². The third-order valence-corrected chi connectivity index (χ3v) is 5.11. The largest absolute Gasteiger partial charge is 0.276 e. The Labute approximate surface area is 142 Å². The minimum Gasteiger partial charge on any atom is -0.276 e. The quantitative estimate of drug-likeness (QED) is 0.748. The van der Waals surface area contributed by atoms with Gasteiger partial charge in [0.25, 0.3) is 10.0 Å². The first-order valence-electron chi connectivity index (χ1n) is 7.75. The number of benzene rings is 2. The zero-order chi connectivity index (χ0) is 17.0. The number of hydrogen-bond donors (Lipinski definition) is 1. The molecule has 0 atom stereocenters. The van der Waals surface area contributed by atoms with Crippen LogP contribution in [0.4, 0.5) is 5.69 Å². The molecule has 0 aliphatic carbocycles. The second-order valence-electron chi connectivity index (χ2n) is 5.52. The number of nitrogens with zero attached hydrogens (tertiary/aromatic N) is 2. The Morgan fingerprint density at radius 1 is 1.00 bits per heavy atom. The summed E-state index contributed by atoms with van der Waals surface area (Å²) in [4.78, 5) is 0.246. The van der Waals surface area contributed by atoms with E-state index in [-0.39, 0.29) is 4.90 Å². The molecule has 124 valence electrons. The van der Waals surface area contributed by atoms with E-state index in [4.69, 9.17) is 0 Å². The summed E-state index contributed by atoms with van der Waals surface area (Å²) in [5.74, 6) is 0. The van der Waals surface area contributed by atoms with Crippen LogP contribution in [0.1, 0.15) is 18.1 Å². The molecule has 1 N–H and O–H groups in total. The maximum Gasteiger partial charge on any atom is 0.261 e. The van der Waals surface area contributed by atoms with E-state index in [0.29, 0.717) is 12.2 Å². The molecule has 0 fully saturated rings. The highest BCUT2D eigenvalue weighted by atomic mass is 32.2. The van der Waals surface area contributed by atoms with Gasteiger partial charge in [-0.2, -0.15) is 5.10 Å². The van der Waals surface area contributed by atoms with E-state index >= 15 is 0 Å². The normalized spacial score (nSPS) is 11.4. The first-order valence-corrected chi connectivity index (χ1v) is 9.23. The van der Waals surface area contributed by atoms with E-state index in [2.05, 4.69) is 9.82 Å². The second-order valence-corrected chi connectivity index (χ2v) is 7.20. The fourth-order valence-electron chi connectivity index (χ4n) is 2.39. The van der Waals surface area contributed by atoms with Gasteiger partial charge in [-0.15, -0.1) is 0 Å². The van der Waals surface area contributed by atoms with Crippen LogP contribution in [0.5, 0.6) is 0 Å². The van der Waals surface area contributed by atoms with Gasteiger partial charge < -0.3 is 0 Å². The van der Waals surface area contributed by atoms with Crippen LogP contribution in [-0.4, -0.2) is 18.2 Å². The number of nitrogens with one attached hydrogen (secondary N) is 1. The minimum atomic E-state index is -3.60. The van der Waals surface area contributed by atoms with Gasteiger partial charge in [0.1, 0.15) is 0 Å². The summed E-state index contributed by atoms with van der Waals surface area (Å²) in [7, 11) is -3.60. The third-order valence-electron chi connectivity index (χ3n) is 3.71. The van der Waals surface area contributed by atoms with Gasteiger partial charge in [0.2, 0.25) is 0 Å². The molecule has 3 aromatic rings. The highest BCUT2D eigenvalue weighted by Gasteiger charge is 2.15. The maximum atomic E-state index is 12.4. The molecule has 1 heterocycles. The smallest absolute Gasteiger partial charge is 0.261 e. The van der Waals surface area contributed by atoms with E-state index in [1.165, 1.54) is 6.20 Å². The van der Waals surface area contributed by atoms with Gasteiger partial charge in [-0.3, -0.25) is 9.40 Å². The zero-order valence-corrected chi connectivity index (χ0v) is 14.2. The highest BCUT2D eigenvalue weighted by molar-refractivity contribution is 7.92. The van der Waals surface area contributed by atoms with Gasteiger partial charge in [0.05, 0.1) is 23.3 Å². The van der Waals surface area contributed by atoms with E-state index < -0.39 is 10.0 Å². The van der Waals surface area contributed by atoms with Crippen molar-refractivity contribution in [3.63, 3.8) is 0 Å². The topological polar surface area (TPSA) is 64.0 Å². The molecule has 5 nitrogen and oxygen atoms in total. The van der Waals surface area contributed by atoms with Crippen molar-refractivity contribution in [3.05, 3.63) is 78.1 Å². The number of hydrogen-bond acceptors (Lipinski definition) is 3. The van der Waals surface area contributed by atoms with Crippen molar-refractivity contribution in [2.24, 2.45) is 0 Å². The molecule has 6 heteroatoms. The van der Waals surface area contributed by atoms with Gasteiger partial charge in [-0.05, 0) is 29.7 Å². The molecule has 24 heavy (non-hydrogen) atoms. The molecule has 2 aromatic carbocycles. The lowest BCUT2D eigenvalue weighted by molar-refractivity contribution is 0.601. The van der Waals surface area contributed by atoms with Crippen molar-refractivity contribution >= 4 is 15.7 Å². The molecule has 0 amide bonds. The summed E-state index contributed by atoms with van der Waals surface area (Å²) in [5, 5.41) is 4.21. The van der Waals surface area contributed by atoms with Crippen molar-refractivity contribution in [1.82, 2.24) is 9.78 Å². The summed E-state index contributed by atoms with van der Waals surface area (Å²) >= 11 is 0. The van der Waals surface area contributed by atoms with Gasteiger partial charge in [0.15, 0.2) is 0 Å². The monoisotopic (exact) mass is 341 g/mol. The summed E-state index contributed by atoms with van der Waals surface area (Å²) in [6, 6.07) is 16.8. The zero-order valence-electron chi connectivity index (χ0n) is 13.4. The van der Waals surface area contributed by atoms with Crippen LogP contribution in [0.3, 0.4) is 0 Å². The lowest BCUT2D eigenvalue weighted by Gasteiger charge is -2.06. The van der Waals surface area contributed by atoms with E-state index in [1.54, 1.807) is 23.0 Å². The number of aryl methyl sites for hydroxylation is 1. The maximum absolute atomic E-state index is 12.4. The van der Waals surface area contributed by atoms with Crippen LogP contribution in [-0.2, 0) is 23.0 Å². The fraction of sp³-hybridized carbons (Fsp3) is 0.167. The lowest BCUT2D eigenvalue weighted by Crippen LogP contribution is -2.12. The van der Waals surface area contributed by atoms with E-state index in [1.807, 2.05) is 49.4 Å². The molecule has 1 aromatic heterocycles. The molecule has 0 spiro atoms. The van der Waals surface area contributed by atoms with E-state index in [0.717, 1.165) is 17.5 Å². The van der Waals surface area contributed by atoms with Crippen molar-refractivity contribution in [1.29, 1.82) is 0 Å². The van der Waals surface area contributed by atoms with Crippen LogP contribution in [0.2, 0.25) is 0 Å². The summed E-state index contributed by atoms with van der Waals surface area (Å²) < 4.78 is 29.1. The number of rotatable bonds is 6. The predicted octanol–water partition coefficient (Wildman–Crippen LogP) is 3.29. The minimum absolute atomic E-state index is 0.246. The Morgan fingerprint density at radius 2 is 1.71 bits per heavy atom. The molecule has 0 saturated carbocycles. The van der Waals surface area contributed by atoms with Crippen LogP contribution in [0.25, 0.3) is 0 Å². The summed E-state index contributed by atoms with van der Waals surface area (Å²) in [5.41, 5.74) is 2.65. The molecular weight excluding hydrogens is 322 g/mol. The Balaban J connectivity index is 1.73. The van der Waals surface area contributed by atoms with Gasteiger partial charge in [0, 0.05) is 6.20 Å². The molecule has 0 aliphatic rings. The summed E-state index contributed by atoms with van der Waals surface area (Å²) in [6.45, 7) is 2.62. The Bertz CT molecular complexity index is 901. The van der Waals surface area contributed by atoms with Crippen LogP contribution in [0, 0.1) is 0 Å². The van der Waals surface area contributed by atoms with Gasteiger partial charge >= 0.3 is 0 Å². The van der Waals surface area contributed by atoms with Crippen LogP contribution in [0.15, 0.2) is 71.9 Å². The highest BCUT2D eigenvalue weighted by Crippen LogP contribution is 2.16. The van der Waals surface area contributed by atoms with Crippen molar-refractivity contribution in [3.8, 4) is 0 Å². The first kappa shape index (κ1) is 16.3. The Kier molecular flexibility index (Phi) is 4.66. The molecule has 0 radical (unpaired) electrons. The SMILES string of the molecule is CCc1ccc(S(=O)(=O)Nc2cnn(Cc3ccccc3)c2)cc1. The molecule has 3 rings (SSSR count). The van der Waals surface area contributed by atoms with Crippen molar-refractivity contribution < 1.29 is 8.42 Å². The third kappa shape index (κ3) is 3.83. The summed E-state index contributed by atoms with van der Waals surface area (Å²) in [6.07, 6.45) is 4.08. The number of anilines is 1. The Hall–Kier alpha value is -2.60.